The van der Waals surface area contributed by atoms with Gasteiger partial charge in [0, 0.05) is 10.2 Å². The molecule has 1 aromatic rings. The maximum absolute atomic E-state index is 11.7. The van der Waals surface area contributed by atoms with Crippen LogP contribution in [0.25, 0.3) is 0 Å². The van der Waals surface area contributed by atoms with Crippen molar-refractivity contribution in [3.05, 3.63) is 28.7 Å². The second kappa shape index (κ2) is 7.92. The van der Waals surface area contributed by atoms with Crippen LogP contribution in [0, 0.1) is 5.92 Å². The van der Waals surface area contributed by atoms with Crippen molar-refractivity contribution >= 4 is 39.3 Å². The highest BCUT2D eigenvalue weighted by Crippen LogP contribution is 2.21. The van der Waals surface area contributed by atoms with E-state index < -0.39 is 0 Å². The third kappa shape index (κ3) is 5.55. The minimum absolute atomic E-state index is 0.0208. The molecular formula is C14H19BrN2OS. The Kier molecular flexibility index (Phi) is 6.20. The summed E-state index contributed by atoms with van der Waals surface area (Å²) >= 11 is 5.40. The standard InChI is InChI=1S/C14H19BrN2OS/c15-12-1-3-13(4-2-12)17-14(18)10-16-9-11-5-7-19-8-6-11/h1-4,11,16H,5-10H2,(H,17,18). The number of anilines is 1. The monoisotopic (exact) mass is 342 g/mol. The van der Waals surface area contributed by atoms with Crippen molar-refractivity contribution in [3.8, 4) is 0 Å². The van der Waals surface area contributed by atoms with E-state index in [1.165, 1.54) is 24.3 Å². The number of rotatable bonds is 5. The molecule has 1 amide bonds. The van der Waals surface area contributed by atoms with Crippen LogP contribution in [0.4, 0.5) is 5.69 Å². The van der Waals surface area contributed by atoms with E-state index in [0.29, 0.717) is 6.54 Å². The van der Waals surface area contributed by atoms with Crippen LogP contribution in [-0.4, -0.2) is 30.5 Å². The molecule has 2 rings (SSSR count). The van der Waals surface area contributed by atoms with E-state index >= 15 is 0 Å². The molecule has 0 spiro atoms. The van der Waals surface area contributed by atoms with Gasteiger partial charge >= 0.3 is 0 Å². The number of halogens is 1. The summed E-state index contributed by atoms with van der Waals surface area (Å²) in [5.41, 5.74) is 0.837. The van der Waals surface area contributed by atoms with Crippen LogP contribution in [0.5, 0.6) is 0 Å². The maximum atomic E-state index is 11.7. The van der Waals surface area contributed by atoms with Gasteiger partial charge in [0.1, 0.15) is 0 Å². The molecule has 0 atom stereocenters. The highest BCUT2D eigenvalue weighted by molar-refractivity contribution is 9.10. The van der Waals surface area contributed by atoms with E-state index in [4.69, 9.17) is 0 Å². The second-order valence-corrected chi connectivity index (χ2v) is 6.88. The summed E-state index contributed by atoms with van der Waals surface area (Å²) in [6.45, 7) is 1.34. The van der Waals surface area contributed by atoms with Gasteiger partial charge in [-0.2, -0.15) is 11.8 Å². The Balaban J connectivity index is 1.65. The molecule has 1 aromatic carbocycles. The van der Waals surface area contributed by atoms with Crippen LogP contribution in [0.3, 0.4) is 0 Å². The molecule has 1 saturated heterocycles. The molecule has 3 nitrogen and oxygen atoms in total. The minimum atomic E-state index is 0.0208. The zero-order valence-electron chi connectivity index (χ0n) is 10.8. The van der Waals surface area contributed by atoms with Gasteiger partial charge in [-0.25, -0.2) is 0 Å². The van der Waals surface area contributed by atoms with Gasteiger partial charge in [-0.05, 0) is 61.1 Å². The van der Waals surface area contributed by atoms with Gasteiger partial charge in [-0.1, -0.05) is 15.9 Å². The van der Waals surface area contributed by atoms with Crippen molar-refractivity contribution < 1.29 is 4.79 Å². The van der Waals surface area contributed by atoms with Crippen LogP contribution in [0.2, 0.25) is 0 Å². The molecule has 0 radical (unpaired) electrons. The maximum Gasteiger partial charge on any atom is 0.238 e. The molecule has 0 aromatic heterocycles. The Morgan fingerprint density at radius 3 is 2.63 bits per heavy atom. The molecule has 5 heteroatoms. The molecule has 1 aliphatic heterocycles. The lowest BCUT2D eigenvalue weighted by molar-refractivity contribution is -0.115. The summed E-state index contributed by atoms with van der Waals surface area (Å²) in [5.74, 6) is 3.28. The molecule has 1 aliphatic rings. The summed E-state index contributed by atoms with van der Waals surface area (Å²) < 4.78 is 1.01. The third-order valence-electron chi connectivity index (χ3n) is 3.19. The lowest BCUT2D eigenvalue weighted by Gasteiger charge is -2.21. The van der Waals surface area contributed by atoms with Crippen LogP contribution in [0.15, 0.2) is 28.7 Å². The molecular weight excluding hydrogens is 324 g/mol. The normalized spacial score (nSPS) is 16.3. The number of hydrogen-bond donors (Lipinski definition) is 2. The molecule has 19 heavy (non-hydrogen) atoms. The number of hydrogen-bond acceptors (Lipinski definition) is 3. The molecule has 0 saturated carbocycles. The summed E-state index contributed by atoms with van der Waals surface area (Å²) in [6.07, 6.45) is 2.54. The average Bonchev–Trinajstić information content (AvgIpc) is 2.43. The van der Waals surface area contributed by atoms with Gasteiger partial charge in [-0.15, -0.1) is 0 Å². The van der Waals surface area contributed by atoms with E-state index in [1.54, 1.807) is 0 Å². The van der Waals surface area contributed by atoms with E-state index in [1.807, 2.05) is 36.0 Å². The number of benzene rings is 1. The zero-order chi connectivity index (χ0) is 13.5. The molecule has 0 bridgehead atoms. The fourth-order valence-corrected chi connectivity index (χ4v) is 3.55. The Bertz CT molecular complexity index is 404. The van der Waals surface area contributed by atoms with Crippen molar-refractivity contribution in [1.82, 2.24) is 5.32 Å². The molecule has 0 unspecified atom stereocenters. The largest absolute Gasteiger partial charge is 0.325 e. The van der Waals surface area contributed by atoms with E-state index in [0.717, 1.165) is 22.6 Å². The fourth-order valence-electron chi connectivity index (χ4n) is 2.08. The Morgan fingerprint density at radius 1 is 1.26 bits per heavy atom. The van der Waals surface area contributed by atoms with Gasteiger partial charge in [0.15, 0.2) is 0 Å². The highest BCUT2D eigenvalue weighted by Gasteiger charge is 2.13. The first kappa shape index (κ1) is 14.9. The van der Waals surface area contributed by atoms with Crippen molar-refractivity contribution in [2.45, 2.75) is 12.8 Å². The van der Waals surface area contributed by atoms with E-state index in [-0.39, 0.29) is 5.91 Å². The van der Waals surface area contributed by atoms with Gasteiger partial charge in [0.05, 0.1) is 6.54 Å². The number of carbonyl (C=O) groups is 1. The van der Waals surface area contributed by atoms with Crippen LogP contribution >= 0.6 is 27.7 Å². The van der Waals surface area contributed by atoms with Crippen molar-refractivity contribution in [2.24, 2.45) is 5.92 Å². The first-order valence-electron chi connectivity index (χ1n) is 6.58. The summed E-state index contributed by atoms with van der Waals surface area (Å²) in [6, 6.07) is 7.62. The molecule has 0 aliphatic carbocycles. The van der Waals surface area contributed by atoms with Gasteiger partial charge in [0.2, 0.25) is 5.91 Å². The number of nitrogens with one attached hydrogen (secondary N) is 2. The molecule has 1 fully saturated rings. The Morgan fingerprint density at radius 2 is 1.95 bits per heavy atom. The van der Waals surface area contributed by atoms with Crippen LogP contribution in [-0.2, 0) is 4.79 Å². The van der Waals surface area contributed by atoms with Crippen molar-refractivity contribution in [2.75, 3.05) is 29.9 Å². The predicted octanol–water partition coefficient (Wildman–Crippen LogP) is 3.12. The predicted molar refractivity (Wildman–Crippen MR) is 85.7 cm³/mol. The number of amides is 1. The van der Waals surface area contributed by atoms with Crippen molar-refractivity contribution in [1.29, 1.82) is 0 Å². The second-order valence-electron chi connectivity index (χ2n) is 4.74. The average molecular weight is 343 g/mol. The molecule has 104 valence electrons. The van der Waals surface area contributed by atoms with E-state index in [2.05, 4.69) is 26.6 Å². The van der Waals surface area contributed by atoms with Crippen molar-refractivity contribution in [3.63, 3.8) is 0 Å². The fraction of sp³-hybridized carbons (Fsp3) is 0.500. The van der Waals surface area contributed by atoms with E-state index in [9.17, 15) is 4.79 Å². The lowest BCUT2D eigenvalue weighted by atomic mass is 10.0. The zero-order valence-corrected chi connectivity index (χ0v) is 13.2. The molecule has 1 heterocycles. The van der Waals surface area contributed by atoms with Crippen LogP contribution < -0.4 is 10.6 Å². The van der Waals surface area contributed by atoms with Crippen LogP contribution in [0.1, 0.15) is 12.8 Å². The Hall–Kier alpha value is -0.520. The van der Waals surface area contributed by atoms with Gasteiger partial charge in [-0.3, -0.25) is 4.79 Å². The minimum Gasteiger partial charge on any atom is -0.325 e. The smallest absolute Gasteiger partial charge is 0.238 e. The lowest BCUT2D eigenvalue weighted by Crippen LogP contribution is -2.32. The summed E-state index contributed by atoms with van der Waals surface area (Å²) in [7, 11) is 0. The van der Waals surface area contributed by atoms with Gasteiger partial charge < -0.3 is 10.6 Å². The highest BCUT2D eigenvalue weighted by atomic mass is 79.9. The summed E-state index contributed by atoms with van der Waals surface area (Å²) in [5, 5.41) is 6.14. The number of thioether (sulfide) groups is 1. The SMILES string of the molecule is O=C(CNCC1CCSCC1)Nc1ccc(Br)cc1. The topological polar surface area (TPSA) is 41.1 Å². The third-order valence-corrected chi connectivity index (χ3v) is 4.76. The first-order valence-corrected chi connectivity index (χ1v) is 8.52. The summed E-state index contributed by atoms with van der Waals surface area (Å²) in [4.78, 5) is 11.7. The van der Waals surface area contributed by atoms with Gasteiger partial charge in [0.25, 0.3) is 0 Å². The quantitative estimate of drug-likeness (QED) is 0.863. The first-order chi connectivity index (χ1) is 9.24. The number of carbonyl (C=O) groups excluding carboxylic acids is 1. The molecule has 2 N–H and O–H groups in total. The Labute approximate surface area is 127 Å².